The number of imidazole rings is 1. The topological polar surface area (TPSA) is 97.8 Å². The highest BCUT2D eigenvalue weighted by atomic mass is 16.5. The molecule has 1 amide bonds. The minimum absolute atomic E-state index is 0.00948. The lowest BCUT2D eigenvalue weighted by Crippen LogP contribution is -2.31. The number of amides is 1. The third kappa shape index (κ3) is 3.96. The van der Waals surface area contributed by atoms with Crippen LogP contribution in [-0.2, 0) is 16.1 Å². The summed E-state index contributed by atoms with van der Waals surface area (Å²) in [5, 5.41) is 11.0. The predicted octanol–water partition coefficient (Wildman–Crippen LogP) is 3.31. The first kappa shape index (κ1) is 20.5. The van der Waals surface area contributed by atoms with Gasteiger partial charge in [0.15, 0.2) is 0 Å². The van der Waals surface area contributed by atoms with Gasteiger partial charge in [0.25, 0.3) is 11.7 Å². The van der Waals surface area contributed by atoms with Crippen LogP contribution in [-0.4, -0.2) is 44.9 Å². The molecule has 1 fully saturated rings. The Morgan fingerprint density at radius 3 is 2.74 bits per heavy atom. The third-order valence-corrected chi connectivity index (χ3v) is 5.29. The minimum atomic E-state index is -0.803. The van der Waals surface area contributed by atoms with Crippen molar-refractivity contribution in [3.05, 3.63) is 77.8 Å². The first-order valence-corrected chi connectivity index (χ1v) is 9.94. The summed E-state index contributed by atoms with van der Waals surface area (Å²) in [5.74, 6) is -0.0299. The molecule has 0 bridgehead atoms. The molecule has 1 atom stereocenters. The van der Waals surface area contributed by atoms with Gasteiger partial charge in [0, 0.05) is 31.0 Å². The number of hydrogen-bond acceptors (Lipinski definition) is 6. The lowest BCUT2D eigenvalue weighted by molar-refractivity contribution is -0.140. The number of Topliss-reactive ketones (excluding diaryl/α,β-unsaturated/α-hetero) is 1. The van der Waals surface area contributed by atoms with E-state index in [9.17, 15) is 14.7 Å². The molecular weight excluding hydrogens is 398 g/mol. The van der Waals surface area contributed by atoms with Crippen molar-refractivity contribution in [2.75, 3.05) is 13.7 Å². The van der Waals surface area contributed by atoms with Gasteiger partial charge in [-0.05, 0) is 37.6 Å². The summed E-state index contributed by atoms with van der Waals surface area (Å²) in [6.07, 6.45) is 5.83. The average molecular weight is 421 g/mol. The maximum absolute atomic E-state index is 13.0. The summed E-state index contributed by atoms with van der Waals surface area (Å²) in [5.41, 5.74) is 0.402. The van der Waals surface area contributed by atoms with E-state index in [1.165, 1.54) is 12.0 Å². The molecule has 160 valence electrons. The number of rotatable bonds is 7. The van der Waals surface area contributed by atoms with Crippen LogP contribution in [0.4, 0.5) is 0 Å². The van der Waals surface area contributed by atoms with Crippen LogP contribution in [0.1, 0.15) is 29.5 Å². The standard InChI is InChI=1S/C23H23N3O5/c1-15-7-8-18(31-15)20-19(21(27)16-5-3-6-17(13-16)30-2)22(28)23(29)26(20)11-4-10-25-12-9-24-14-25/h3,5-9,12-14,20,27H,4,10-11H2,1-2H3/b21-19-. The Balaban J connectivity index is 1.72. The number of nitrogens with zero attached hydrogens (tertiary/aromatic N) is 3. The second-order valence-corrected chi connectivity index (χ2v) is 7.33. The molecule has 0 spiro atoms. The third-order valence-electron chi connectivity index (χ3n) is 5.29. The van der Waals surface area contributed by atoms with Gasteiger partial charge in [-0.1, -0.05) is 12.1 Å². The lowest BCUT2D eigenvalue weighted by atomic mass is 9.99. The van der Waals surface area contributed by atoms with Crippen LogP contribution in [0.15, 0.2) is 65.1 Å². The van der Waals surface area contributed by atoms with Crippen LogP contribution in [0.3, 0.4) is 0 Å². The molecule has 31 heavy (non-hydrogen) atoms. The summed E-state index contributed by atoms with van der Waals surface area (Å²) in [4.78, 5) is 31.3. The van der Waals surface area contributed by atoms with Crippen molar-refractivity contribution in [2.45, 2.75) is 25.9 Å². The van der Waals surface area contributed by atoms with E-state index in [0.29, 0.717) is 42.3 Å². The van der Waals surface area contributed by atoms with E-state index in [1.807, 2.05) is 10.8 Å². The van der Waals surface area contributed by atoms with Crippen molar-refractivity contribution in [1.82, 2.24) is 14.5 Å². The number of aryl methyl sites for hydroxylation is 2. The van der Waals surface area contributed by atoms with Gasteiger partial charge in [0.1, 0.15) is 29.1 Å². The second kappa shape index (κ2) is 8.51. The maximum atomic E-state index is 13.0. The van der Waals surface area contributed by atoms with Crippen molar-refractivity contribution in [2.24, 2.45) is 0 Å². The van der Waals surface area contributed by atoms with Crippen LogP contribution < -0.4 is 4.74 Å². The molecule has 1 N–H and O–H groups in total. The van der Waals surface area contributed by atoms with E-state index < -0.39 is 17.7 Å². The van der Waals surface area contributed by atoms with Gasteiger partial charge in [-0.25, -0.2) is 4.98 Å². The zero-order valence-electron chi connectivity index (χ0n) is 17.3. The van der Waals surface area contributed by atoms with Gasteiger partial charge in [-0.3, -0.25) is 9.59 Å². The van der Waals surface area contributed by atoms with Gasteiger partial charge >= 0.3 is 0 Å². The van der Waals surface area contributed by atoms with Gasteiger partial charge in [-0.2, -0.15) is 0 Å². The van der Waals surface area contributed by atoms with Crippen LogP contribution >= 0.6 is 0 Å². The smallest absolute Gasteiger partial charge is 0.295 e. The lowest BCUT2D eigenvalue weighted by Gasteiger charge is -2.23. The predicted molar refractivity (Wildman–Crippen MR) is 112 cm³/mol. The van der Waals surface area contributed by atoms with E-state index >= 15 is 0 Å². The highest BCUT2D eigenvalue weighted by Crippen LogP contribution is 2.40. The molecule has 0 aliphatic carbocycles. The average Bonchev–Trinajstić information content (AvgIpc) is 3.50. The van der Waals surface area contributed by atoms with Crippen LogP contribution in [0, 0.1) is 6.92 Å². The molecule has 0 radical (unpaired) electrons. The molecule has 3 aromatic rings. The summed E-state index contributed by atoms with van der Waals surface area (Å²) in [6, 6.07) is 9.42. The Morgan fingerprint density at radius 1 is 1.23 bits per heavy atom. The molecule has 1 aliphatic rings. The first-order chi connectivity index (χ1) is 15.0. The molecule has 8 heteroatoms. The number of furan rings is 1. The molecule has 1 unspecified atom stereocenters. The van der Waals surface area contributed by atoms with Gasteiger partial charge in [0.2, 0.25) is 0 Å². The van der Waals surface area contributed by atoms with Gasteiger partial charge < -0.3 is 23.7 Å². The Kier molecular flexibility index (Phi) is 5.62. The molecular formula is C23H23N3O5. The van der Waals surface area contributed by atoms with Crippen molar-refractivity contribution in [3.8, 4) is 5.75 Å². The quantitative estimate of drug-likeness (QED) is 0.357. The molecule has 2 aromatic heterocycles. The van der Waals surface area contributed by atoms with E-state index in [1.54, 1.807) is 55.8 Å². The molecule has 8 nitrogen and oxygen atoms in total. The molecule has 1 aromatic carbocycles. The SMILES string of the molecule is COc1cccc(/C(O)=C2/C(=O)C(=O)N(CCCn3ccnc3)C2c2ccc(C)o2)c1. The van der Waals surface area contributed by atoms with Crippen molar-refractivity contribution < 1.29 is 23.8 Å². The number of ether oxygens (including phenoxy) is 1. The summed E-state index contributed by atoms with van der Waals surface area (Å²) < 4.78 is 12.9. The number of ketones is 1. The van der Waals surface area contributed by atoms with Crippen molar-refractivity contribution >= 4 is 17.4 Å². The summed E-state index contributed by atoms with van der Waals surface area (Å²) in [6.45, 7) is 2.75. The molecule has 0 saturated carbocycles. The summed E-state index contributed by atoms with van der Waals surface area (Å²) >= 11 is 0. The fraction of sp³-hybridized carbons (Fsp3) is 0.261. The molecule has 4 rings (SSSR count). The van der Waals surface area contributed by atoms with E-state index in [2.05, 4.69) is 4.98 Å². The van der Waals surface area contributed by atoms with Crippen molar-refractivity contribution in [3.63, 3.8) is 0 Å². The molecule has 1 aliphatic heterocycles. The van der Waals surface area contributed by atoms with E-state index in [4.69, 9.17) is 9.15 Å². The largest absolute Gasteiger partial charge is 0.507 e. The number of aromatic nitrogens is 2. The number of aliphatic hydroxyl groups excluding tert-OH is 1. The highest BCUT2D eigenvalue weighted by Gasteiger charge is 2.47. The maximum Gasteiger partial charge on any atom is 0.295 e. The second-order valence-electron chi connectivity index (χ2n) is 7.33. The van der Waals surface area contributed by atoms with Crippen molar-refractivity contribution in [1.29, 1.82) is 0 Å². The number of likely N-dealkylation sites (tertiary alicyclic amines) is 1. The zero-order valence-corrected chi connectivity index (χ0v) is 17.3. The highest BCUT2D eigenvalue weighted by molar-refractivity contribution is 6.46. The molecule has 3 heterocycles. The Morgan fingerprint density at radius 2 is 2.06 bits per heavy atom. The monoisotopic (exact) mass is 421 g/mol. The Hall–Kier alpha value is -3.81. The summed E-state index contributed by atoms with van der Waals surface area (Å²) in [7, 11) is 1.52. The Labute approximate surface area is 179 Å². The van der Waals surface area contributed by atoms with Crippen LogP contribution in [0.5, 0.6) is 5.75 Å². The normalized spacial score (nSPS) is 18.0. The number of carbonyl (C=O) groups excluding carboxylic acids is 2. The van der Waals surface area contributed by atoms with E-state index in [-0.39, 0.29) is 11.3 Å². The number of aliphatic hydroxyl groups is 1. The number of methoxy groups -OCH3 is 1. The minimum Gasteiger partial charge on any atom is -0.507 e. The van der Waals surface area contributed by atoms with Crippen LogP contribution in [0.25, 0.3) is 5.76 Å². The van der Waals surface area contributed by atoms with E-state index in [0.717, 1.165) is 0 Å². The fourth-order valence-electron chi connectivity index (χ4n) is 3.78. The van der Waals surface area contributed by atoms with Gasteiger partial charge in [-0.15, -0.1) is 0 Å². The number of hydrogen-bond donors (Lipinski definition) is 1. The first-order valence-electron chi connectivity index (χ1n) is 9.94. The molecule has 1 saturated heterocycles. The van der Waals surface area contributed by atoms with Crippen LogP contribution in [0.2, 0.25) is 0 Å². The zero-order chi connectivity index (χ0) is 22.0. The fourth-order valence-corrected chi connectivity index (χ4v) is 3.78. The number of benzene rings is 1. The van der Waals surface area contributed by atoms with Gasteiger partial charge in [0.05, 0.1) is 19.0 Å². The Bertz CT molecular complexity index is 1130. The number of carbonyl (C=O) groups is 2.